The highest BCUT2D eigenvalue weighted by Gasteiger charge is 2.49. The molecule has 1 saturated heterocycles. The number of ether oxygens (including phenoxy) is 3. The number of aromatic nitrogens is 1. The van der Waals surface area contributed by atoms with Gasteiger partial charge >= 0.3 is 0 Å². The van der Waals surface area contributed by atoms with E-state index < -0.39 is 22.5 Å². The van der Waals surface area contributed by atoms with Crippen LogP contribution in [0.2, 0.25) is 0 Å². The third kappa shape index (κ3) is 3.07. The third-order valence-electron chi connectivity index (χ3n) is 6.36. The maximum absolute atomic E-state index is 13.1. The Hall–Kier alpha value is -3.33. The largest absolute Gasteiger partial charge is 0.503 e. The standard InChI is InChI=1S/C22H22N2O7/c1-22-5-2-6-29-16(22)10-24-9-13(18(25)19(26)17(24)20(22)27)21(28)23-8-12-3-4-14-15(7-12)31-11-30-14/h3-4,7,9,16,26H,2,5-6,8,10-11H2,1H3,(H,23,28)/t16-,22-/m0/s1. The summed E-state index contributed by atoms with van der Waals surface area (Å²) in [6, 6.07) is 5.28. The molecule has 1 amide bonds. The monoisotopic (exact) mass is 426 g/mol. The average molecular weight is 426 g/mol. The van der Waals surface area contributed by atoms with E-state index in [2.05, 4.69) is 5.32 Å². The van der Waals surface area contributed by atoms with E-state index in [9.17, 15) is 19.5 Å². The molecule has 5 rings (SSSR count). The summed E-state index contributed by atoms with van der Waals surface area (Å²) < 4.78 is 17.9. The van der Waals surface area contributed by atoms with Gasteiger partial charge in [0.25, 0.3) is 5.91 Å². The molecule has 0 saturated carbocycles. The molecule has 9 nitrogen and oxygen atoms in total. The van der Waals surface area contributed by atoms with Crippen molar-refractivity contribution in [2.24, 2.45) is 5.41 Å². The molecule has 0 aliphatic carbocycles. The Kier molecular flexibility index (Phi) is 4.51. The number of rotatable bonds is 3. The van der Waals surface area contributed by atoms with Gasteiger partial charge in [-0.3, -0.25) is 14.4 Å². The summed E-state index contributed by atoms with van der Waals surface area (Å²) in [5, 5.41) is 13.2. The van der Waals surface area contributed by atoms with Gasteiger partial charge in [-0.15, -0.1) is 0 Å². The fourth-order valence-electron chi connectivity index (χ4n) is 4.50. The Morgan fingerprint density at radius 1 is 1.29 bits per heavy atom. The Bertz CT molecular complexity index is 1160. The van der Waals surface area contributed by atoms with Crippen molar-refractivity contribution in [2.45, 2.75) is 39.0 Å². The number of ketones is 1. The van der Waals surface area contributed by atoms with Crippen LogP contribution in [0.3, 0.4) is 0 Å². The highest BCUT2D eigenvalue weighted by atomic mass is 16.7. The van der Waals surface area contributed by atoms with Crippen LogP contribution in [0, 0.1) is 5.41 Å². The highest BCUT2D eigenvalue weighted by molar-refractivity contribution is 6.03. The van der Waals surface area contributed by atoms with Crippen molar-refractivity contribution in [1.82, 2.24) is 9.88 Å². The molecule has 0 unspecified atom stereocenters. The van der Waals surface area contributed by atoms with E-state index in [0.29, 0.717) is 24.5 Å². The first-order valence-electron chi connectivity index (χ1n) is 10.2. The summed E-state index contributed by atoms with van der Waals surface area (Å²) in [5.74, 6) is -0.434. The molecule has 3 aliphatic rings. The van der Waals surface area contributed by atoms with Gasteiger partial charge < -0.3 is 29.2 Å². The molecule has 1 fully saturated rings. The van der Waals surface area contributed by atoms with Gasteiger partial charge in [-0.25, -0.2) is 0 Å². The van der Waals surface area contributed by atoms with Crippen molar-refractivity contribution in [3.8, 4) is 17.2 Å². The zero-order chi connectivity index (χ0) is 21.8. The molecule has 1 aromatic carbocycles. The van der Waals surface area contributed by atoms with E-state index in [-0.39, 0.29) is 43.0 Å². The van der Waals surface area contributed by atoms with Crippen LogP contribution in [0.4, 0.5) is 0 Å². The number of aromatic hydroxyl groups is 1. The molecule has 2 aromatic rings. The molecular weight excluding hydrogens is 404 g/mol. The number of carbonyl (C=O) groups excluding carboxylic acids is 2. The number of Topliss-reactive ketones (excluding diaryl/α,β-unsaturated/α-hetero) is 1. The first kappa shape index (κ1) is 19.6. The van der Waals surface area contributed by atoms with E-state index in [1.165, 1.54) is 10.8 Å². The fraction of sp³-hybridized carbons (Fsp3) is 0.409. The van der Waals surface area contributed by atoms with Gasteiger partial charge in [-0.1, -0.05) is 6.07 Å². The number of nitrogens with one attached hydrogen (secondary N) is 1. The van der Waals surface area contributed by atoms with Gasteiger partial charge in [-0.2, -0.15) is 0 Å². The van der Waals surface area contributed by atoms with Crippen LogP contribution in [-0.4, -0.2) is 40.9 Å². The maximum atomic E-state index is 13.1. The van der Waals surface area contributed by atoms with Gasteiger partial charge in [0.1, 0.15) is 11.3 Å². The van der Waals surface area contributed by atoms with Gasteiger partial charge in [0, 0.05) is 19.3 Å². The second kappa shape index (κ2) is 7.12. The average Bonchev–Trinajstić information content (AvgIpc) is 3.23. The molecule has 0 radical (unpaired) electrons. The van der Waals surface area contributed by atoms with Crippen LogP contribution < -0.4 is 20.2 Å². The Labute approximate surface area is 177 Å². The number of pyridine rings is 1. The van der Waals surface area contributed by atoms with Gasteiger partial charge in [0.2, 0.25) is 12.2 Å². The number of hydrogen-bond acceptors (Lipinski definition) is 7. The van der Waals surface area contributed by atoms with E-state index >= 15 is 0 Å². The minimum Gasteiger partial charge on any atom is -0.503 e. The molecule has 2 N–H and O–H groups in total. The molecule has 0 spiro atoms. The van der Waals surface area contributed by atoms with Gasteiger partial charge in [0.15, 0.2) is 23.0 Å². The van der Waals surface area contributed by atoms with Crippen molar-refractivity contribution >= 4 is 11.7 Å². The summed E-state index contributed by atoms with van der Waals surface area (Å²) in [4.78, 5) is 38.6. The van der Waals surface area contributed by atoms with Crippen molar-refractivity contribution in [3.63, 3.8) is 0 Å². The number of amides is 1. The zero-order valence-corrected chi connectivity index (χ0v) is 17.0. The Morgan fingerprint density at radius 3 is 2.94 bits per heavy atom. The molecule has 9 heteroatoms. The number of carbonyl (C=O) groups is 2. The second-order valence-corrected chi connectivity index (χ2v) is 8.30. The fourth-order valence-corrected chi connectivity index (χ4v) is 4.50. The summed E-state index contributed by atoms with van der Waals surface area (Å²) in [7, 11) is 0. The van der Waals surface area contributed by atoms with E-state index in [4.69, 9.17) is 14.2 Å². The summed E-state index contributed by atoms with van der Waals surface area (Å²) in [5.41, 5.74) is -1.16. The molecule has 31 heavy (non-hydrogen) atoms. The van der Waals surface area contributed by atoms with Crippen molar-refractivity contribution in [3.05, 3.63) is 51.4 Å². The van der Waals surface area contributed by atoms with Gasteiger partial charge in [0.05, 0.1) is 18.1 Å². The zero-order valence-electron chi connectivity index (χ0n) is 17.0. The third-order valence-corrected chi connectivity index (χ3v) is 6.36. The van der Waals surface area contributed by atoms with Crippen LogP contribution in [0.25, 0.3) is 0 Å². The lowest BCUT2D eigenvalue weighted by Crippen LogP contribution is -2.52. The van der Waals surface area contributed by atoms with Crippen molar-refractivity contribution < 1.29 is 28.9 Å². The lowest BCUT2D eigenvalue weighted by atomic mass is 9.71. The van der Waals surface area contributed by atoms with Crippen LogP contribution in [0.1, 0.15) is 46.2 Å². The van der Waals surface area contributed by atoms with Crippen molar-refractivity contribution in [2.75, 3.05) is 13.4 Å². The lowest BCUT2D eigenvalue weighted by molar-refractivity contribution is -0.0740. The molecule has 1 aromatic heterocycles. The molecular formula is C22H22N2O7. The lowest BCUT2D eigenvalue weighted by Gasteiger charge is -2.44. The SMILES string of the molecule is C[C@]12CCCO[C@H]1Cn1cc(C(=O)NCc3ccc4c(c3)OCO4)c(=O)c(O)c1C2=O. The summed E-state index contributed by atoms with van der Waals surface area (Å²) in [6.07, 6.45) is 2.33. The van der Waals surface area contributed by atoms with Crippen LogP contribution in [0.5, 0.6) is 17.2 Å². The molecule has 3 aliphatic heterocycles. The summed E-state index contributed by atoms with van der Waals surface area (Å²) >= 11 is 0. The smallest absolute Gasteiger partial charge is 0.257 e. The first-order chi connectivity index (χ1) is 14.9. The first-order valence-corrected chi connectivity index (χ1v) is 10.2. The van der Waals surface area contributed by atoms with E-state index in [0.717, 1.165) is 12.0 Å². The molecule has 0 bridgehead atoms. The Morgan fingerprint density at radius 2 is 2.10 bits per heavy atom. The number of hydrogen-bond donors (Lipinski definition) is 2. The van der Waals surface area contributed by atoms with Gasteiger partial charge in [-0.05, 0) is 37.5 Å². The Balaban J connectivity index is 1.42. The molecule has 2 atom stereocenters. The summed E-state index contributed by atoms with van der Waals surface area (Å²) in [6.45, 7) is 2.95. The minimum absolute atomic E-state index is 0.0541. The van der Waals surface area contributed by atoms with E-state index in [1.807, 2.05) is 0 Å². The highest BCUT2D eigenvalue weighted by Crippen LogP contribution is 2.42. The number of fused-ring (bicyclic) bond motifs is 3. The van der Waals surface area contributed by atoms with Crippen molar-refractivity contribution in [1.29, 1.82) is 0 Å². The minimum atomic E-state index is -0.860. The van der Waals surface area contributed by atoms with Crippen LogP contribution in [0.15, 0.2) is 29.2 Å². The van der Waals surface area contributed by atoms with E-state index in [1.54, 1.807) is 25.1 Å². The quantitative estimate of drug-likeness (QED) is 0.766. The number of nitrogens with zero attached hydrogens (tertiary/aromatic N) is 1. The maximum Gasteiger partial charge on any atom is 0.257 e. The van der Waals surface area contributed by atoms with Crippen LogP contribution in [-0.2, 0) is 17.8 Å². The normalized spacial score (nSPS) is 23.8. The molecule has 4 heterocycles. The molecule has 162 valence electrons. The topological polar surface area (TPSA) is 116 Å². The van der Waals surface area contributed by atoms with Crippen LogP contribution >= 0.6 is 0 Å². The predicted molar refractivity (Wildman–Crippen MR) is 108 cm³/mol. The predicted octanol–water partition coefficient (Wildman–Crippen LogP) is 1.59. The number of benzene rings is 1. The second-order valence-electron chi connectivity index (χ2n) is 8.30.